The molecule has 9 nitrogen and oxygen atoms in total. The van der Waals surface area contributed by atoms with Crippen molar-refractivity contribution in [1.29, 1.82) is 0 Å². The Morgan fingerprint density at radius 3 is 2.62 bits per heavy atom. The van der Waals surface area contributed by atoms with E-state index in [0.717, 1.165) is 0 Å². The summed E-state index contributed by atoms with van der Waals surface area (Å²) in [7, 11) is 2.96. The van der Waals surface area contributed by atoms with Crippen LogP contribution in [-0.4, -0.2) is 44.5 Å². The van der Waals surface area contributed by atoms with Gasteiger partial charge in [0.25, 0.3) is 0 Å². The number of aliphatic hydroxyl groups is 1. The maximum absolute atomic E-state index is 12.1. The number of amides is 2. The van der Waals surface area contributed by atoms with Crippen molar-refractivity contribution in [3.8, 4) is 23.0 Å². The molecule has 1 atom stereocenters. The Labute approximate surface area is 167 Å². The summed E-state index contributed by atoms with van der Waals surface area (Å²) in [5.41, 5.74) is 0.977. The lowest BCUT2D eigenvalue weighted by Gasteiger charge is -2.13. The molecule has 1 aliphatic rings. The van der Waals surface area contributed by atoms with Crippen LogP contribution >= 0.6 is 0 Å². The molecule has 3 N–H and O–H groups in total. The average Bonchev–Trinajstić information content (AvgIpc) is 3.21. The molecule has 29 heavy (non-hydrogen) atoms. The first-order valence-corrected chi connectivity index (χ1v) is 8.90. The Hall–Kier alpha value is -3.46. The van der Waals surface area contributed by atoms with Gasteiger partial charge in [-0.25, -0.2) is 0 Å². The minimum absolute atomic E-state index is 0.113. The van der Waals surface area contributed by atoms with Gasteiger partial charge in [-0.3, -0.25) is 9.59 Å². The third-order valence-electron chi connectivity index (χ3n) is 4.35. The molecule has 2 aromatic carbocycles. The number of hydrogen-bond donors (Lipinski definition) is 3. The van der Waals surface area contributed by atoms with E-state index in [1.165, 1.54) is 14.2 Å². The first kappa shape index (κ1) is 20.3. The number of hydrogen-bond acceptors (Lipinski definition) is 7. The molecule has 1 unspecified atom stereocenters. The van der Waals surface area contributed by atoms with Gasteiger partial charge in [0.15, 0.2) is 11.5 Å². The van der Waals surface area contributed by atoms with Crippen molar-refractivity contribution in [3.63, 3.8) is 0 Å². The van der Waals surface area contributed by atoms with E-state index >= 15 is 0 Å². The fourth-order valence-corrected chi connectivity index (χ4v) is 2.77. The van der Waals surface area contributed by atoms with E-state index in [1.54, 1.807) is 36.4 Å². The summed E-state index contributed by atoms with van der Waals surface area (Å²) < 4.78 is 20.8. The highest BCUT2D eigenvalue weighted by Gasteiger charge is 2.19. The second-order valence-corrected chi connectivity index (χ2v) is 6.19. The van der Waals surface area contributed by atoms with Crippen molar-refractivity contribution in [3.05, 3.63) is 42.0 Å². The van der Waals surface area contributed by atoms with Gasteiger partial charge in [-0.05, 0) is 36.2 Å². The maximum Gasteiger partial charge on any atom is 0.313 e. The molecule has 0 bridgehead atoms. The van der Waals surface area contributed by atoms with Crippen LogP contribution in [0.4, 0.5) is 5.69 Å². The molecule has 2 aromatic rings. The smallest absolute Gasteiger partial charge is 0.313 e. The molecule has 0 aromatic heterocycles. The Kier molecular flexibility index (Phi) is 6.40. The molecule has 154 valence electrons. The fraction of sp³-hybridized carbons (Fsp3) is 0.300. The van der Waals surface area contributed by atoms with Crippen LogP contribution in [0.2, 0.25) is 0 Å². The molecule has 0 radical (unpaired) electrons. The number of anilines is 1. The molecular formula is C20H22N2O7. The molecule has 0 saturated carbocycles. The number of methoxy groups -OCH3 is 2. The monoisotopic (exact) mass is 402 g/mol. The lowest BCUT2D eigenvalue weighted by Crippen LogP contribution is -2.36. The maximum atomic E-state index is 12.1. The van der Waals surface area contributed by atoms with E-state index in [-0.39, 0.29) is 19.8 Å². The van der Waals surface area contributed by atoms with Crippen LogP contribution in [0.15, 0.2) is 36.4 Å². The molecule has 3 rings (SSSR count). The zero-order chi connectivity index (χ0) is 20.8. The van der Waals surface area contributed by atoms with Gasteiger partial charge in [0.1, 0.15) is 11.5 Å². The van der Waals surface area contributed by atoms with Gasteiger partial charge in [0.05, 0.1) is 26.0 Å². The summed E-state index contributed by atoms with van der Waals surface area (Å²) in [6, 6.07) is 9.94. The van der Waals surface area contributed by atoms with E-state index in [2.05, 4.69) is 10.6 Å². The molecule has 0 saturated heterocycles. The largest absolute Gasteiger partial charge is 0.497 e. The molecule has 1 aliphatic heterocycles. The predicted octanol–water partition coefficient (Wildman–Crippen LogP) is 1.61. The van der Waals surface area contributed by atoms with E-state index in [1.807, 2.05) is 0 Å². The fourth-order valence-electron chi connectivity index (χ4n) is 2.77. The summed E-state index contributed by atoms with van der Waals surface area (Å²) in [5.74, 6) is 0.454. The van der Waals surface area contributed by atoms with Gasteiger partial charge in [0, 0.05) is 12.6 Å². The zero-order valence-corrected chi connectivity index (χ0v) is 16.1. The van der Waals surface area contributed by atoms with Crippen LogP contribution in [0.25, 0.3) is 0 Å². The van der Waals surface area contributed by atoms with Crippen LogP contribution in [0.1, 0.15) is 18.1 Å². The van der Waals surface area contributed by atoms with Crippen molar-refractivity contribution in [2.45, 2.75) is 12.5 Å². The first-order chi connectivity index (χ1) is 14.0. The van der Waals surface area contributed by atoms with Crippen LogP contribution in [0, 0.1) is 0 Å². The predicted molar refractivity (Wildman–Crippen MR) is 103 cm³/mol. The van der Waals surface area contributed by atoms with E-state index in [9.17, 15) is 14.7 Å². The van der Waals surface area contributed by atoms with Gasteiger partial charge in [-0.15, -0.1) is 0 Å². The molecule has 0 aliphatic carbocycles. The zero-order valence-electron chi connectivity index (χ0n) is 16.1. The van der Waals surface area contributed by atoms with E-state index in [4.69, 9.17) is 18.9 Å². The number of ether oxygens (including phenoxy) is 4. The van der Waals surface area contributed by atoms with E-state index < -0.39 is 17.9 Å². The number of carbonyl (C=O) groups is 2. The second kappa shape index (κ2) is 9.16. The third-order valence-corrected chi connectivity index (χ3v) is 4.35. The highest BCUT2D eigenvalue weighted by atomic mass is 16.7. The lowest BCUT2D eigenvalue weighted by molar-refractivity contribution is -0.136. The minimum Gasteiger partial charge on any atom is -0.497 e. The number of nitrogens with one attached hydrogen (secondary N) is 2. The summed E-state index contributed by atoms with van der Waals surface area (Å²) in [6.45, 7) is 0.265. The topological polar surface area (TPSA) is 115 Å². The average molecular weight is 402 g/mol. The third kappa shape index (κ3) is 4.88. The number of rotatable bonds is 7. The van der Waals surface area contributed by atoms with Crippen molar-refractivity contribution >= 4 is 17.5 Å². The van der Waals surface area contributed by atoms with Gasteiger partial charge >= 0.3 is 11.8 Å². The van der Waals surface area contributed by atoms with Crippen LogP contribution in [0.3, 0.4) is 0 Å². The second-order valence-electron chi connectivity index (χ2n) is 6.19. The minimum atomic E-state index is -0.842. The van der Waals surface area contributed by atoms with Crippen molar-refractivity contribution in [2.75, 3.05) is 32.9 Å². The van der Waals surface area contributed by atoms with Crippen molar-refractivity contribution in [2.24, 2.45) is 0 Å². The van der Waals surface area contributed by atoms with Gasteiger partial charge in [0.2, 0.25) is 6.79 Å². The molecule has 1 heterocycles. The summed E-state index contributed by atoms with van der Waals surface area (Å²) in [4.78, 5) is 24.1. The van der Waals surface area contributed by atoms with Crippen LogP contribution in [0.5, 0.6) is 23.0 Å². The Morgan fingerprint density at radius 1 is 1.07 bits per heavy atom. The number of fused-ring (bicyclic) bond motifs is 1. The van der Waals surface area contributed by atoms with Crippen molar-refractivity contribution < 1.29 is 33.6 Å². The molecular weight excluding hydrogens is 380 g/mol. The standard InChI is InChI=1S/C20H22N2O7/c1-26-13-4-5-14(17(10-13)27-2)22-20(25)19(24)21-8-7-15(23)12-3-6-16-18(9-12)29-11-28-16/h3-6,9-10,15,23H,7-8,11H2,1-2H3,(H,21,24)(H,22,25). The molecule has 0 fully saturated rings. The summed E-state index contributed by atoms with van der Waals surface area (Å²) in [6.07, 6.45) is -0.598. The molecule has 2 amide bonds. The summed E-state index contributed by atoms with van der Waals surface area (Å²) in [5, 5.41) is 15.2. The molecule has 0 spiro atoms. The normalized spacial score (nSPS) is 12.8. The van der Waals surface area contributed by atoms with Gasteiger partial charge in [-0.2, -0.15) is 0 Å². The Balaban J connectivity index is 1.49. The van der Waals surface area contributed by atoms with E-state index in [0.29, 0.717) is 34.2 Å². The molecule has 9 heteroatoms. The first-order valence-electron chi connectivity index (χ1n) is 8.90. The van der Waals surface area contributed by atoms with Crippen LogP contribution in [-0.2, 0) is 9.59 Å². The lowest BCUT2D eigenvalue weighted by atomic mass is 10.1. The Bertz CT molecular complexity index is 900. The number of aliphatic hydroxyl groups excluding tert-OH is 1. The number of carbonyl (C=O) groups excluding carboxylic acids is 2. The SMILES string of the molecule is COc1ccc(NC(=O)C(=O)NCCC(O)c2ccc3c(c2)OCO3)c(OC)c1. The quantitative estimate of drug-likeness (QED) is 0.603. The number of benzene rings is 2. The highest BCUT2D eigenvalue weighted by molar-refractivity contribution is 6.39. The van der Waals surface area contributed by atoms with Crippen molar-refractivity contribution in [1.82, 2.24) is 5.32 Å². The highest BCUT2D eigenvalue weighted by Crippen LogP contribution is 2.34. The van der Waals surface area contributed by atoms with Gasteiger partial charge < -0.3 is 34.7 Å². The summed E-state index contributed by atoms with van der Waals surface area (Å²) >= 11 is 0. The Morgan fingerprint density at radius 2 is 1.86 bits per heavy atom. The van der Waals surface area contributed by atoms with Crippen LogP contribution < -0.4 is 29.6 Å². The van der Waals surface area contributed by atoms with Gasteiger partial charge in [-0.1, -0.05) is 6.07 Å².